The summed E-state index contributed by atoms with van der Waals surface area (Å²) in [5, 5.41) is 3.49. The van der Waals surface area contributed by atoms with Gasteiger partial charge in [0.25, 0.3) is 5.91 Å². The highest BCUT2D eigenvalue weighted by atomic mass is 32.1. The second-order valence-electron chi connectivity index (χ2n) is 10.5. The number of hydrogen-bond acceptors (Lipinski definition) is 5. The van der Waals surface area contributed by atoms with Gasteiger partial charge in [0, 0.05) is 4.88 Å². The number of amides is 1. The minimum atomic E-state index is -0.368. The molecule has 2 aromatic carbocycles. The lowest BCUT2D eigenvalue weighted by Crippen LogP contribution is -2.26. The Bertz CT molecular complexity index is 1220. The van der Waals surface area contributed by atoms with Gasteiger partial charge in [-0.15, -0.1) is 11.3 Å². The van der Waals surface area contributed by atoms with E-state index in [1.807, 2.05) is 24.3 Å². The molecule has 1 aliphatic rings. The summed E-state index contributed by atoms with van der Waals surface area (Å²) in [6.07, 6.45) is 2.76. The van der Waals surface area contributed by atoms with Gasteiger partial charge >= 0.3 is 5.97 Å². The van der Waals surface area contributed by atoms with Crippen molar-refractivity contribution in [2.45, 2.75) is 53.9 Å². The third-order valence-electron chi connectivity index (χ3n) is 6.83. The highest BCUT2D eigenvalue weighted by molar-refractivity contribution is 7.17. The summed E-state index contributed by atoms with van der Waals surface area (Å²) in [6.45, 7) is 10.8. The molecule has 0 aliphatic heterocycles. The number of hydrogen-bond donors (Lipinski definition) is 1. The number of nitrogens with one attached hydrogen (secondary N) is 1. The van der Waals surface area contributed by atoms with Crippen molar-refractivity contribution in [3.05, 3.63) is 70.1 Å². The number of benzene rings is 2. The van der Waals surface area contributed by atoms with Gasteiger partial charge < -0.3 is 14.8 Å². The van der Waals surface area contributed by atoms with Gasteiger partial charge in [0.05, 0.1) is 12.2 Å². The highest BCUT2D eigenvalue weighted by Gasteiger charge is 2.34. The Labute approximate surface area is 217 Å². The van der Waals surface area contributed by atoms with Crippen molar-refractivity contribution in [3.8, 4) is 16.9 Å². The number of fused-ring (bicyclic) bond motifs is 1. The van der Waals surface area contributed by atoms with Gasteiger partial charge in [-0.2, -0.15) is 0 Å². The fraction of sp³-hybridized carbons (Fsp3) is 0.400. The van der Waals surface area contributed by atoms with E-state index in [-0.39, 0.29) is 23.9 Å². The van der Waals surface area contributed by atoms with Crippen molar-refractivity contribution in [2.75, 3.05) is 18.5 Å². The summed E-state index contributed by atoms with van der Waals surface area (Å²) < 4.78 is 11.1. The molecule has 1 aliphatic carbocycles. The normalized spacial score (nSPS) is 15.2. The molecule has 36 heavy (non-hydrogen) atoms. The molecule has 5 nitrogen and oxygen atoms in total. The van der Waals surface area contributed by atoms with Crippen molar-refractivity contribution in [1.29, 1.82) is 0 Å². The largest absolute Gasteiger partial charge is 0.484 e. The van der Waals surface area contributed by atoms with Crippen molar-refractivity contribution in [2.24, 2.45) is 11.3 Å². The van der Waals surface area contributed by atoms with E-state index in [0.29, 0.717) is 28.8 Å². The predicted molar refractivity (Wildman–Crippen MR) is 146 cm³/mol. The number of carbonyl (C=O) groups is 2. The Morgan fingerprint density at radius 1 is 1.03 bits per heavy atom. The van der Waals surface area contributed by atoms with E-state index < -0.39 is 0 Å². The van der Waals surface area contributed by atoms with E-state index in [0.717, 1.165) is 36.0 Å². The van der Waals surface area contributed by atoms with Crippen LogP contribution in [0.25, 0.3) is 11.1 Å². The topological polar surface area (TPSA) is 64.6 Å². The molecule has 0 radical (unpaired) electrons. The maximum absolute atomic E-state index is 12.8. The number of rotatable bonds is 7. The third-order valence-corrected chi connectivity index (χ3v) is 8.00. The van der Waals surface area contributed by atoms with Crippen LogP contribution in [0.15, 0.2) is 48.5 Å². The lowest BCUT2D eigenvalue weighted by atomic mass is 9.72. The molecule has 1 amide bonds. The summed E-state index contributed by atoms with van der Waals surface area (Å²) in [7, 11) is 0. The lowest BCUT2D eigenvalue weighted by Gasteiger charge is -2.33. The van der Waals surface area contributed by atoms with Gasteiger partial charge in [-0.25, -0.2) is 4.79 Å². The maximum atomic E-state index is 12.8. The third kappa shape index (κ3) is 5.98. The smallest absolute Gasteiger partial charge is 0.341 e. The first-order valence-corrected chi connectivity index (χ1v) is 13.4. The van der Waals surface area contributed by atoms with Crippen LogP contribution in [0.2, 0.25) is 0 Å². The summed E-state index contributed by atoms with van der Waals surface area (Å²) in [4.78, 5) is 26.8. The van der Waals surface area contributed by atoms with Crippen LogP contribution in [0, 0.1) is 18.3 Å². The number of esters is 1. The molecule has 190 valence electrons. The number of thiophene rings is 1. The van der Waals surface area contributed by atoms with Crippen molar-refractivity contribution in [1.82, 2.24) is 0 Å². The Morgan fingerprint density at radius 3 is 2.28 bits per heavy atom. The zero-order valence-electron chi connectivity index (χ0n) is 21.8. The van der Waals surface area contributed by atoms with Crippen LogP contribution in [0.4, 0.5) is 5.00 Å². The van der Waals surface area contributed by atoms with Gasteiger partial charge in [0.2, 0.25) is 0 Å². The molecule has 0 saturated heterocycles. The summed E-state index contributed by atoms with van der Waals surface area (Å²) in [5.41, 5.74) is 5.17. The summed E-state index contributed by atoms with van der Waals surface area (Å²) in [5.74, 6) is 0.486. The molecule has 0 bridgehead atoms. The van der Waals surface area contributed by atoms with E-state index in [1.54, 1.807) is 6.92 Å². The van der Waals surface area contributed by atoms with Crippen molar-refractivity contribution < 1.29 is 19.1 Å². The molecule has 0 fully saturated rings. The maximum Gasteiger partial charge on any atom is 0.341 e. The van der Waals surface area contributed by atoms with Gasteiger partial charge in [-0.3, -0.25) is 4.79 Å². The number of ether oxygens (including phenoxy) is 2. The molecule has 1 unspecified atom stereocenters. The van der Waals surface area contributed by atoms with Crippen LogP contribution >= 0.6 is 11.3 Å². The molecule has 1 atom stereocenters. The summed E-state index contributed by atoms with van der Waals surface area (Å²) >= 11 is 1.50. The molecule has 0 spiro atoms. The Balaban J connectivity index is 1.44. The number of anilines is 1. The first-order chi connectivity index (χ1) is 17.2. The highest BCUT2D eigenvalue weighted by Crippen LogP contribution is 2.44. The molecule has 1 heterocycles. The van der Waals surface area contributed by atoms with E-state index in [2.05, 4.69) is 57.3 Å². The van der Waals surface area contributed by atoms with Gasteiger partial charge in [-0.05, 0) is 73.3 Å². The molecule has 6 heteroatoms. The zero-order valence-corrected chi connectivity index (χ0v) is 22.6. The molecular weight excluding hydrogens is 470 g/mol. The van der Waals surface area contributed by atoms with Gasteiger partial charge in [-0.1, -0.05) is 62.7 Å². The molecule has 0 saturated carbocycles. The van der Waals surface area contributed by atoms with Crippen LogP contribution in [0.1, 0.15) is 60.5 Å². The minimum absolute atomic E-state index is 0.140. The van der Waals surface area contributed by atoms with E-state index in [4.69, 9.17) is 9.47 Å². The molecule has 3 aromatic rings. The standard InChI is InChI=1S/C30H35NO4S/c1-6-34-29(33)27-24-16-13-22(30(3,4)5)17-25(24)36-28(27)31-26(32)18-35-23-14-11-21(12-15-23)20-9-7-19(2)8-10-20/h7-12,14-15,22H,6,13,16-18H2,1-5H3,(H,31,32). The van der Waals surface area contributed by atoms with Crippen LogP contribution in [0.5, 0.6) is 5.75 Å². The van der Waals surface area contributed by atoms with Crippen molar-refractivity contribution in [3.63, 3.8) is 0 Å². The average Bonchev–Trinajstić information content (AvgIpc) is 3.20. The molecule has 1 N–H and O–H groups in total. The van der Waals surface area contributed by atoms with Crippen LogP contribution < -0.4 is 10.1 Å². The van der Waals surface area contributed by atoms with Gasteiger partial charge in [0.1, 0.15) is 10.8 Å². The fourth-order valence-electron chi connectivity index (χ4n) is 4.63. The Hall–Kier alpha value is -3.12. The summed E-state index contributed by atoms with van der Waals surface area (Å²) in [6, 6.07) is 16.0. The lowest BCUT2D eigenvalue weighted by molar-refractivity contribution is -0.118. The molecular formula is C30H35NO4S. The first kappa shape index (κ1) is 26.0. The number of aryl methyl sites for hydroxylation is 1. The Kier molecular flexibility index (Phi) is 7.84. The average molecular weight is 506 g/mol. The fourth-order valence-corrected chi connectivity index (χ4v) is 5.97. The monoisotopic (exact) mass is 505 g/mol. The van der Waals surface area contributed by atoms with E-state index in [9.17, 15) is 9.59 Å². The molecule has 1 aromatic heterocycles. The van der Waals surface area contributed by atoms with Crippen molar-refractivity contribution >= 4 is 28.2 Å². The van der Waals surface area contributed by atoms with E-state index >= 15 is 0 Å². The van der Waals surface area contributed by atoms with Crippen LogP contribution in [-0.2, 0) is 22.4 Å². The predicted octanol–water partition coefficient (Wildman–Crippen LogP) is 7.07. The quantitative estimate of drug-likeness (QED) is 0.349. The zero-order chi connectivity index (χ0) is 25.9. The minimum Gasteiger partial charge on any atom is -0.484 e. The number of carbonyl (C=O) groups excluding carboxylic acids is 2. The van der Waals surface area contributed by atoms with Gasteiger partial charge in [0.15, 0.2) is 6.61 Å². The first-order valence-electron chi connectivity index (χ1n) is 12.6. The Morgan fingerprint density at radius 2 is 1.67 bits per heavy atom. The van der Waals surface area contributed by atoms with E-state index in [1.165, 1.54) is 21.8 Å². The van der Waals surface area contributed by atoms with Crippen LogP contribution in [-0.4, -0.2) is 25.1 Å². The second kappa shape index (κ2) is 10.9. The second-order valence-corrected chi connectivity index (χ2v) is 11.6. The SMILES string of the molecule is CCOC(=O)c1c(NC(=O)COc2ccc(-c3ccc(C)cc3)cc2)sc2c1CCC(C(C)(C)C)C2. The molecule has 4 rings (SSSR count). The van der Waals surface area contributed by atoms with Crippen LogP contribution in [0.3, 0.4) is 0 Å².